The van der Waals surface area contributed by atoms with E-state index in [0.29, 0.717) is 19.8 Å². The summed E-state index contributed by atoms with van der Waals surface area (Å²) in [4.78, 5) is 23.7. The summed E-state index contributed by atoms with van der Waals surface area (Å²) >= 11 is 0. The highest BCUT2D eigenvalue weighted by Crippen LogP contribution is 2.06. The summed E-state index contributed by atoms with van der Waals surface area (Å²) in [5.41, 5.74) is 0. The van der Waals surface area contributed by atoms with Crippen LogP contribution in [0.1, 0.15) is 13.8 Å². The van der Waals surface area contributed by atoms with Gasteiger partial charge >= 0.3 is 12.0 Å². The Morgan fingerprint density at radius 1 is 1.60 bits per heavy atom. The van der Waals surface area contributed by atoms with Crippen LogP contribution in [0.15, 0.2) is 0 Å². The van der Waals surface area contributed by atoms with Gasteiger partial charge in [0.25, 0.3) is 0 Å². The van der Waals surface area contributed by atoms with Crippen molar-refractivity contribution in [3.8, 4) is 0 Å². The van der Waals surface area contributed by atoms with E-state index in [-0.39, 0.29) is 12.1 Å². The number of nitrogens with one attached hydrogen (secondary N) is 1. The molecule has 0 aromatic heterocycles. The molecule has 0 aromatic rings. The summed E-state index contributed by atoms with van der Waals surface area (Å²) < 4.78 is 5.18. The fourth-order valence-electron chi connectivity index (χ4n) is 1.36. The van der Waals surface area contributed by atoms with E-state index in [1.807, 2.05) is 6.92 Å². The lowest BCUT2D eigenvalue weighted by Crippen LogP contribution is -2.54. The molecular formula is C9H16N2O4. The lowest BCUT2D eigenvalue weighted by atomic mass is 10.2. The number of carbonyl (C=O) groups is 2. The number of nitrogens with zero attached hydrogens (tertiary/aromatic N) is 1. The number of hydrogen-bond acceptors (Lipinski definition) is 3. The van der Waals surface area contributed by atoms with Gasteiger partial charge in [-0.15, -0.1) is 0 Å². The van der Waals surface area contributed by atoms with Crippen LogP contribution in [0.2, 0.25) is 0 Å². The van der Waals surface area contributed by atoms with Crippen molar-refractivity contribution < 1.29 is 19.4 Å². The van der Waals surface area contributed by atoms with Crippen molar-refractivity contribution in [1.82, 2.24) is 10.2 Å². The number of ether oxygens (including phenoxy) is 1. The second-order valence-corrected chi connectivity index (χ2v) is 3.63. The number of aliphatic carboxylic acids is 1. The van der Waals surface area contributed by atoms with E-state index in [4.69, 9.17) is 9.84 Å². The van der Waals surface area contributed by atoms with Crippen LogP contribution in [0.4, 0.5) is 4.79 Å². The minimum atomic E-state index is -1.04. The molecule has 1 fully saturated rings. The summed E-state index contributed by atoms with van der Waals surface area (Å²) in [5.74, 6) is -1.04. The van der Waals surface area contributed by atoms with E-state index in [2.05, 4.69) is 5.32 Å². The standard InChI is InChI=1S/C9H16N2O4/c1-6-5-15-4-3-11(6)9(14)10-7(2)8(12)13/h6-7H,3-5H2,1-2H3,(H,10,14)(H,12,13)/t6?,7-/m1/s1. The zero-order valence-corrected chi connectivity index (χ0v) is 8.90. The Balaban J connectivity index is 2.48. The molecule has 0 spiro atoms. The SMILES string of the molecule is CC1COCCN1C(=O)N[C@H](C)C(=O)O. The van der Waals surface area contributed by atoms with Crippen LogP contribution >= 0.6 is 0 Å². The molecule has 2 N–H and O–H groups in total. The fraction of sp³-hybridized carbons (Fsp3) is 0.778. The van der Waals surface area contributed by atoms with Gasteiger partial charge in [-0.3, -0.25) is 4.79 Å². The van der Waals surface area contributed by atoms with Gasteiger partial charge in [-0.05, 0) is 13.8 Å². The van der Waals surface area contributed by atoms with E-state index in [0.717, 1.165) is 0 Å². The average molecular weight is 216 g/mol. The highest BCUT2D eigenvalue weighted by Gasteiger charge is 2.25. The maximum Gasteiger partial charge on any atom is 0.325 e. The van der Waals surface area contributed by atoms with Crippen molar-refractivity contribution >= 4 is 12.0 Å². The lowest BCUT2D eigenvalue weighted by Gasteiger charge is -2.33. The van der Waals surface area contributed by atoms with Crippen molar-refractivity contribution in [2.75, 3.05) is 19.8 Å². The average Bonchev–Trinajstić information content (AvgIpc) is 2.18. The van der Waals surface area contributed by atoms with Crippen LogP contribution < -0.4 is 5.32 Å². The van der Waals surface area contributed by atoms with E-state index in [9.17, 15) is 9.59 Å². The third kappa shape index (κ3) is 3.09. The second kappa shape index (κ2) is 4.97. The molecule has 1 aliphatic rings. The zero-order chi connectivity index (χ0) is 11.4. The first-order valence-corrected chi connectivity index (χ1v) is 4.90. The van der Waals surface area contributed by atoms with Gasteiger partial charge in [0.1, 0.15) is 6.04 Å². The first-order valence-electron chi connectivity index (χ1n) is 4.90. The molecule has 0 bridgehead atoms. The number of carboxylic acid groups (broad SMARTS) is 1. The van der Waals surface area contributed by atoms with Gasteiger partial charge in [0.2, 0.25) is 0 Å². The van der Waals surface area contributed by atoms with E-state index in [1.165, 1.54) is 6.92 Å². The molecule has 1 unspecified atom stereocenters. The first-order chi connectivity index (χ1) is 7.02. The van der Waals surface area contributed by atoms with E-state index < -0.39 is 12.0 Å². The van der Waals surface area contributed by atoms with Gasteiger partial charge in [0.05, 0.1) is 19.3 Å². The number of urea groups is 1. The van der Waals surface area contributed by atoms with Crippen molar-refractivity contribution in [2.45, 2.75) is 25.9 Å². The minimum absolute atomic E-state index is 0.0141. The number of amides is 2. The predicted octanol–water partition coefficient (Wildman–Crippen LogP) is -0.110. The molecule has 2 amide bonds. The number of hydrogen-bond donors (Lipinski definition) is 2. The molecule has 2 atom stereocenters. The largest absolute Gasteiger partial charge is 0.480 e. The Hall–Kier alpha value is -1.30. The van der Waals surface area contributed by atoms with Gasteiger partial charge in [-0.2, -0.15) is 0 Å². The highest BCUT2D eigenvalue weighted by atomic mass is 16.5. The second-order valence-electron chi connectivity index (χ2n) is 3.63. The summed E-state index contributed by atoms with van der Waals surface area (Å²) in [7, 11) is 0. The van der Waals surface area contributed by atoms with Crippen LogP contribution in [-0.4, -0.2) is 53.8 Å². The minimum Gasteiger partial charge on any atom is -0.480 e. The van der Waals surface area contributed by atoms with Crippen molar-refractivity contribution in [2.24, 2.45) is 0 Å². The lowest BCUT2D eigenvalue weighted by molar-refractivity contribution is -0.138. The zero-order valence-electron chi connectivity index (χ0n) is 8.90. The summed E-state index contributed by atoms with van der Waals surface area (Å²) in [5, 5.41) is 11.0. The van der Waals surface area contributed by atoms with Crippen molar-refractivity contribution in [3.05, 3.63) is 0 Å². The monoisotopic (exact) mass is 216 g/mol. The maximum atomic E-state index is 11.6. The molecule has 0 radical (unpaired) electrons. The van der Waals surface area contributed by atoms with E-state index in [1.54, 1.807) is 4.90 Å². The Labute approximate surface area is 88.2 Å². The van der Waals surface area contributed by atoms with Gasteiger partial charge < -0.3 is 20.1 Å². The normalized spacial score (nSPS) is 23.3. The number of rotatable bonds is 2. The molecule has 15 heavy (non-hydrogen) atoms. The molecule has 1 saturated heterocycles. The van der Waals surface area contributed by atoms with Crippen LogP contribution in [0, 0.1) is 0 Å². The molecular weight excluding hydrogens is 200 g/mol. The number of morpholine rings is 1. The highest BCUT2D eigenvalue weighted by molar-refractivity contribution is 5.82. The molecule has 6 heteroatoms. The topological polar surface area (TPSA) is 78.9 Å². The number of carboxylic acids is 1. The fourth-order valence-corrected chi connectivity index (χ4v) is 1.36. The van der Waals surface area contributed by atoms with Crippen LogP contribution in [0.5, 0.6) is 0 Å². The Bertz CT molecular complexity index is 256. The van der Waals surface area contributed by atoms with Crippen LogP contribution in [-0.2, 0) is 9.53 Å². The molecule has 6 nitrogen and oxygen atoms in total. The maximum absolute atomic E-state index is 11.6. The van der Waals surface area contributed by atoms with Crippen LogP contribution in [0.25, 0.3) is 0 Å². The molecule has 86 valence electrons. The third-order valence-electron chi connectivity index (χ3n) is 2.34. The van der Waals surface area contributed by atoms with Gasteiger partial charge in [0, 0.05) is 6.54 Å². The van der Waals surface area contributed by atoms with Gasteiger partial charge in [0.15, 0.2) is 0 Å². The summed E-state index contributed by atoms with van der Waals surface area (Å²) in [6, 6.07) is -1.23. The third-order valence-corrected chi connectivity index (χ3v) is 2.34. The van der Waals surface area contributed by atoms with Crippen molar-refractivity contribution in [1.29, 1.82) is 0 Å². The molecule has 1 aliphatic heterocycles. The Morgan fingerprint density at radius 2 is 2.27 bits per heavy atom. The Morgan fingerprint density at radius 3 is 2.80 bits per heavy atom. The summed E-state index contributed by atoms with van der Waals surface area (Å²) in [6.07, 6.45) is 0. The quantitative estimate of drug-likeness (QED) is 0.675. The summed E-state index contributed by atoms with van der Waals surface area (Å²) in [6.45, 7) is 4.79. The Kier molecular flexibility index (Phi) is 3.90. The van der Waals surface area contributed by atoms with E-state index >= 15 is 0 Å². The number of carbonyl (C=O) groups excluding carboxylic acids is 1. The molecule has 0 aromatic carbocycles. The first kappa shape index (κ1) is 11.8. The van der Waals surface area contributed by atoms with Gasteiger partial charge in [-0.25, -0.2) is 4.79 Å². The van der Waals surface area contributed by atoms with Gasteiger partial charge in [-0.1, -0.05) is 0 Å². The smallest absolute Gasteiger partial charge is 0.325 e. The molecule has 1 heterocycles. The molecule has 0 saturated carbocycles. The molecule has 1 rings (SSSR count). The predicted molar refractivity (Wildman–Crippen MR) is 52.6 cm³/mol. The molecule has 0 aliphatic carbocycles. The van der Waals surface area contributed by atoms with Crippen LogP contribution in [0.3, 0.4) is 0 Å². The van der Waals surface area contributed by atoms with Crippen molar-refractivity contribution in [3.63, 3.8) is 0 Å².